The van der Waals surface area contributed by atoms with E-state index in [1.807, 2.05) is 30.3 Å². The molecule has 1 amide bonds. The number of aromatic nitrogens is 1. The molecule has 7 nitrogen and oxygen atoms in total. The number of pyridine rings is 1. The SMILES string of the molecule is CC(O)c1ccc(N2CCN(c3cccc(C(=O)NC4C5CC6CC4CC(O)(C6)C5)n3)[C@H](C)C2)cc1. The van der Waals surface area contributed by atoms with Gasteiger partial charge in [0.15, 0.2) is 0 Å². The fraction of sp³-hybridized carbons (Fsp3) is 0.586. The Morgan fingerprint density at radius 2 is 1.81 bits per heavy atom. The Labute approximate surface area is 213 Å². The van der Waals surface area contributed by atoms with E-state index >= 15 is 0 Å². The summed E-state index contributed by atoms with van der Waals surface area (Å²) in [6.45, 7) is 6.53. The van der Waals surface area contributed by atoms with Crippen molar-refractivity contribution in [1.82, 2.24) is 10.3 Å². The normalized spacial score (nSPS) is 34.1. The van der Waals surface area contributed by atoms with Crippen molar-refractivity contribution in [3.05, 3.63) is 53.7 Å². The van der Waals surface area contributed by atoms with Crippen molar-refractivity contribution in [3.63, 3.8) is 0 Å². The molecule has 0 spiro atoms. The highest BCUT2D eigenvalue weighted by atomic mass is 16.3. The third-order valence-corrected chi connectivity index (χ3v) is 9.17. The number of nitrogens with zero attached hydrogens (tertiary/aromatic N) is 3. The Hall–Kier alpha value is -2.64. The highest BCUT2D eigenvalue weighted by Gasteiger charge is 2.55. The van der Waals surface area contributed by atoms with Gasteiger partial charge in [-0.15, -0.1) is 0 Å². The van der Waals surface area contributed by atoms with Crippen LogP contribution in [0.25, 0.3) is 0 Å². The number of piperazine rings is 1. The predicted octanol–water partition coefficient (Wildman–Crippen LogP) is 3.52. The van der Waals surface area contributed by atoms with Crippen LogP contribution in [-0.4, -0.2) is 58.4 Å². The van der Waals surface area contributed by atoms with Crippen molar-refractivity contribution < 1.29 is 15.0 Å². The molecule has 192 valence electrons. The van der Waals surface area contributed by atoms with Gasteiger partial charge in [0, 0.05) is 37.4 Å². The number of hydrogen-bond acceptors (Lipinski definition) is 6. The van der Waals surface area contributed by atoms with E-state index in [1.165, 1.54) is 0 Å². The summed E-state index contributed by atoms with van der Waals surface area (Å²) in [5.41, 5.74) is 2.07. The van der Waals surface area contributed by atoms with Gasteiger partial charge in [-0.05, 0) is 93.5 Å². The van der Waals surface area contributed by atoms with E-state index in [2.05, 4.69) is 34.2 Å². The Bertz CT molecular complexity index is 1100. The molecular weight excluding hydrogens is 452 g/mol. The average molecular weight is 491 g/mol. The first-order valence-electron chi connectivity index (χ1n) is 13.6. The second kappa shape index (κ2) is 9.03. The summed E-state index contributed by atoms with van der Waals surface area (Å²) >= 11 is 0. The number of aliphatic hydroxyl groups is 2. The summed E-state index contributed by atoms with van der Waals surface area (Å²) in [5.74, 6) is 2.15. The summed E-state index contributed by atoms with van der Waals surface area (Å²) in [4.78, 5) is 22.7. The molecule has 36 heavy (non-hydrogen) atoms. The first kappa shape index (κ1) is 23.7. The Balaban J connectivity index is 1.11. The number of nitrogens with one attached hydrogen (secondary N) is 1. The number of benzene rings is 1. The minimum Gasteiger partial charge on any atom is -0.390 e. The average Bonchev–Trinajstić information content (AvgIpc) is 2.85. The van der Waals surface area contributed by atoms with Crippen LogP contribution in [0.15, 0.2) is 42.5 Å². The van der Waals surface area contributed by atoms with Crippen molar-refractivity contribution in [1.29, 1.82) is 0 Å². The van der Waals surface area contributed by atoms with Crippen molar-refractivity contribution in [2.75, 3.05) is 29.4 Å². The van der Waals surface area contributed by atoms with Crippen molar-refractivity contribution in [2.24, 2.45) is 17.8 Å². The fourth-order valence-corrected chi connectivity index (χ4v) is 7.65. The molecule has 4 atom stereocenters. The molecule has 1 saturated heterocycles. The maximum atomic E-state index is 13.3. The molecule has 2 aromatic rings. The molecule has 0 radical (unpaired) electrons. The largest absolute Gasteiger partial charge is 0.390 e. The number of anilines is 2. The Morgan fingerprint density at radius 3 is 2.44 bits per heavy atom. The molecule has 5 aliphatic rings. The highest BCUT2D eigenvalue weighted by Crippen LogP contribution is 2.55. The lowest BCUT2D eigenvalue weighted by atomic mass is 9.52. The van der Waals surface area contributed by atoms with E-state index < -0.39 is 11.7 Å². The van der Waals surface area contributed by atoms with E-state index in [9.17, 15) is 15.0 Å². The number of amides is 1. The minimum atomic E-state index is -0.493. The van der Waals surface area contributed by atoms with Gasteiger partial charge in [-0.3, -0.25) is 4.79 Å². The molecule has 7 heteroatoms. The molecule has 3 unspecified atom stereocenters. The number of carbonyl (C=O) groups is 1. The van der Waals surface area contributed by atoms with Gasteiger partial charge in [-0.1, -0.05) is 18.2 Å². The summed E-state index contributed by atoms with van der Waals surface area (Å²) in [6.07, 6.45) is 4.38. The van der Waals surface area contributed by atoms with Gasteiger partial charge in [0.25, 0.3) is 5.91 Å². The van der Waals surface area contributed by atoms with Gasteiger partial charge >= 0.3 is 0 Å². The molecule has 1 aromatic carbocycles. The second-order valence-electron chi connectivity index (χ2n) is 11.8. The number of carbonyl (C=O) groups excluding carboxylic acids is 1. The van der Waals surface area contributed by atoms with Crippen LogP contribution < -0.4 is 15.1 Å². The predicted molar refractivity (Wildman–Crippen MR) is 140 cm³/mol. The zero-order valence-electron chi connectivity index (χ0n) is 21.3. The molecule has 4 aliphatic carbocycles. The van der Waals surface area contributed by atoms with Gasteiger partial charge < -0.3 is 25.3 Å². The van der Waals surface area contributed by atoms with Crippen LogP contribution in [0, 0.1) is 17.8 Å². The van der Waals surface area contributed by atoms with E-state index in [4.69, 9.17) is 4.98 Å². The Morgan fingerprint density at radius 1 is 1.08 bits per heavy atom. The van der Waals surface area contributed by atoms with E-state index in [-0.39, 0.29) is 18.0 Å². The van der Waals surface area contributed by atoms with Gasteiger partial charge in [-0.2, -0.15) is 0 Å². The lowest BCUT2D eigenvalue weighted by Crippen LogP contribution is -2.61. The molecule has 1 aliphatic heterocycles. The van der Waals surface area contributed by atoms with Crippen LogP contribution in [0.2, 0.25) is 0 Å². The second-order valence-corrected chi connectivity index (χ2v) is 11.8. The van der Waals surface area contributed by atoms with Gasteiger partial charge in [-0.25, -0.2) is 4.98 Å². The molecular formula is C29H38N4O3. The minimum absolute atomic E-state index is 0.0918. The summed E-state index contributed by atoms with van der Waals surface area (Å²) in [6, 6.07) is 14.3. The summed E-state index contributed by atoms with van der Waals surface area (Å²) in [7, 11) is 0. The first-order chi connectivity index (χ1) is 17.3. The summed E-state index contributed by atoms with van der Waals surface area (Å²) < 4.78 is 0. The number of hydrogen-bond donors (Lipinski definition) is 3. The van der Waals surface area contributed by atoms with Crippen LogP contribution in [0.4, 0.5) is 11.5 Å². The topological polar surface area (TPSA) is 88.9 Å². The maximum Gasteiger partial charge on any atom is 0.270 e. The van der Waals surface area contributed by atoms with E-state index in [1.54, 1.807) is 6.92 Å². The smallest absolute Gasteiger partial charge is 0.270 e. The highest BCUT2D eigenvalue weighted by molar-refractivity contribution is 5.93. The molecule has 4 saturated carbocycles. The zero-order chi connectivity index (χ0) is 25.0. The number of aliphatic hydroxyl groups excluding tert-OH is 1. The van der Waals surface area contributed by atoms with Crippen LogP contribution in [0.5, 0.6) is 0 Å². The van der Waals surface area contributed by atoms with E-state index in [0.717, 1.165) is 68.8 Å². The molecule has 5 fully saturated rings. The fourth-order valence-electron chi connectivity index (χ4n) is 7.65. The van der Waals surface area contributed by atoms with Crippen LogP contribution >= 0.6 is 0 Å². The quantitative estimate of drug-likeness (QED) is 0.594. The van der Waals surface area contributed by atoms with Crippen molar-refractivity contribution in [2.45, 2.75) is 69.7 Å². The number of rotatable bonds is 5. The van der Waals surface area contributed by atoms with Crippen LogP contribution in [0.3, 0.4) is 0 Å². The summed E-state index contributed by atoms with van der Waals surface area (Å²) in [5, 5.41) is 24.0. The van der Waals surface area contributed by atoms with Gasteiger partial charge in [0.05, 0.1) is 11.7 Å². The lowest BCUT2D eigenvalue weighted by Gasteiger charge is -2.58. The molecule has 4 bridgehead atoms. The van der Waals surface area contributed by atoms with E-state index in [0.29, 0.717) is 23.4 Å². The maximum absolute atomic E-state index is 13.3. The van der Waals surface area contributed by atoms with Crippen molar-refractivity contribution >= 4 is 17.4 Å². The van der Waals surface area contributed by atoms with Crippen LogP contribution in [0.1, 0.15) is 68.1 Å². The van der Waals surface area contributed by atoms with Gasteiger partial charge in [0.1, 0.15) is 11.5 Å². The first-order valence-corrected chi connectivity index (χ1v) is 13.6. The molecule has 2 heterocycles. The lowest BCUT2D eigenvalue weighted by molar-refractivity contribution is -0.136. The standard InChI is InChI=1S/C29H38N4O3/c1-18-17-32(24-8-6-21(7-9-24)19(2)34)10-11-33(18)26-5-3-4-25(30-26)28(35)31-27-22-12-20-13-23(27)16-29(36,14-20)15-22/h3-9,18-20,22-23,27,34,36H,10-17H2,1-2H3,(H,31,35)/t18-,19?,20?,22?,23?,27?,29?/m1/s1. The van der Waals surface area contributed by atoms with Gasteiger partial charge in [0.2, 0.25) is 0 Å². The third kappa shape index (κ3) is 4.37. The van der Waals surface area contributed by atoms with Crippen molar-refractivity contribution in [3.8, 4) is 0 Å². The monoisotopic (exact) mass is 490 g/mol. The third-order valence-electron chi connectivity index (χ3n) is 9.17. The Kier molecular flexibility index (Phi) is 5.96. The molecule has 7 rings (SSSR count). The zero-order valence-corrected chi connectivity index (χ0v) is 21.3. The molecule has 3 N–H and O–H groups in total. The molecule has 1 aromatic heterocycles. The van der Waals surface area contributed by atoms with Crippen LogP contribution in [-0.2, 0) is 0 Å².